The smallest absolute Gasteiger partial charge is 0.326 e. The van der Waals surface area contributed by atoms with Crippen LogP contribution in [0.25, 0.3) is 5.69 Å². The van der Waals surface area contributed by atoms with Crippen LogP contribution in [0.4, 0.5) is 0 Å². The molecule has 2 aromatic heterocycles. The van der Waals surface area contributed by atoms with Gasteiger partial charge in [-0.15, -0.1) is 11.3 Å². The molecule has 0 aromatic carbocycles. The molecule has 0 aliphatic rings. The highest BCUT2D eigenvalue weighted by atomic mass is 32.1. The first-order valence-corrected chi connectivity index (χ1v) is 7.15. The Morgan fingerprint density at radius 2 is 2.05 bits per heavy atom. The fourth-order valence-corrected chi connectivity index (χ4v) is 2.95. The summed E-state index contributed by atoms with van der Waals surface area (Å²) in [7, 11) is 1.53. The van der Waals surface area contributed by atoms with Crippen LogP contribution in [0.1, 0.15) is 23.0 Å². The second-order valence-electron chi connectivity index (χ2n) is 4.40. The standard InChI is InChI=1S/C14H16N2O3S/c1-3-10(14(18)19)15(2)13(17)12-11(6-9-20-12)16-7-4-5-8-16/h4-10H,3H2,1-2H3,(H,18,19). The summed E-state index contributed by atoms with van der Waals surface area (Å²) < 4.78 is 1.85. The number of carbonyl (C=O) groups is 2. The highest BCUT2D eigenvalue weighted by Gasteiger charge is 2.27. The van der Waals surface area contributed by atoms with Crippen molar-refractivity contribution in [3.05, 3.63) is 40.8 Å². The van der Waals surface area contributed by atoms with E-state index < -0.39 is 12.0 Å². The van der Waals surface area contributed by atoms with E-state index in [4.69, 9.17) is 5.11 Å². The van der Waals surface area contributed by atoms with E-state index in [-0.39, 0.29) is 5.91 Å². The number of carboxylic acids is 1. The molecule has 0 bridgehead atoms. The number of aliphatic carboxylic acids is 1. The number of hydrogen-bond acceptors (Lipinski definition) is 3. The van der Waals surface area contributed by atoms with E-state index in [1.54, 1.807) is 6.92 Å². The van der Waals surface area contributed by atoms with Gasteiger partial charge in [0.15, 0.2) is 0 Å². The lowest BCUT2D eigenvalue weighted by Crippen LogP contribution is -2.41. The predicted octanol–water partition coefficient (Wildman–Crippen LogP) is 2.47. The summed E-state index contributed by atoms with van der Waals surface area (Å²) in [6, 6.07) is 4.80. The lowest BCUT2D eigenvalue weighted by atomic mass is 10.2. The van der Waals surface area contributed by atoms with Gasteiger partial charge in [-0.2, -0.15) is 0 Å². The Morgan fingerprint density at radius 3 is 2.60 bits per heavy atom. The first kappa shape index (κ1) is 14.3. The van der Waals surface area contributed by atoms with Crippen molar-refractivity contribution in [3.63, 3.8) is 0 Å². The van der Waals surface area contributed by atoms with Crippen molar-refractivity contribution < 1.29 is 14.7 Å². The molecule has 1 amide bonds. The average molecular weight is 292 g/mol. The van der Waals surface area contributed by atoms with Crippen molar-refractivity contribution in [2.75, 3.05) is 7.05 Å². The van der Waals surface area contributed by atoms with Crippen molar-refractivity contribution in [2.24, 2.45) is 0 Å². The van der Waals surface area contributed by atoms with Crippen LogP contribution in [0.2, 0.25) is 0 Å². The normalized spacial score (nSPS) is 12.1. The van der Waals surface area contributed by atoms with Gasteiger partial charge in [0.25, 0.3) is 5.91 Å². The van der Waals surface area contributed by atoms with E-state index >= 15 is 0 Å². The highest BCUT2D eigenvalue weighted by molar-refractivity contribution is 7.12. The minimum absolute atomic E-state index is 0.266. The number of amides is 1. The Hall–Kier alpha value is -2.08. The van der Waals surface area contributed by atoms with Crippen molar-refractivity contribution in [1.29, 1.82) is 0 Å². The second-order valence-corrected chi connectivity index (χ2v) is 5.32. The molecule has 1 unspecified atom stereocenters. The number of hydrogen-bond donors (Lipinski definition) is 1. The fourth-order valence-electron chi connectivity index (χ4n) is 2.08. The molecule has 2 aromatic rings. The van der Waals surface area contributed by atoms with Gasteiger partial charge in [-0.25, -0.2) is 4.79 Å². The quantitative estimate of drug-likeness (QED) is 0.921. The third-order valence-corrected chi connectivity index (χ3v) is 4.07. The van der Waals surface area contributed by atoms with Crippen LogP contribution in [0.3, 0.4) is 0 Å². The minimum atomic E-state index is -0.984. The summed E-state index contributed by atoms with van der Waals surface area (Å²) in [6.07, 6.45) is 4.09. The molecule has 0 fully saturated rings. The zero-order valence-electron chi connectivity index (χ0n) is 11.3. The number of rotatable bonds is 5. The van der Waals surface area contributed by atoms with Crippen molar-refractivity contribution in [1.82, 2.24) is 9.47 Å². The average Bonchev–Trinajstić information content (AvgIpc) is 3.08. The van der Waals surface area contributed by atoms with Crippen molar-refractivity contribution in [3.8, 4) is 5.69 Å². The molecule has 1 atom stereocenters. The number of carbonyl (C=O) groups excluding carboxylic acids is 1. The van der Waals surface area contributed by atoms with Crippen LogP contribution in [0, 0.1) is 0 Å². The van der Waals surface area contributed by atoms with Crippen LogP contribution in [0.15, 0.2) is 36.0 Å². The molecule has 0 radical (unpaired) electrons. The van der Waals surface area contributed by atoms with Crippen molar-refractivity contribution >= 4 is 23.2 Å². The maximum atomic E-state index is 12.5. The lowest BCUT2D eigenvalue weighted by molar-refractivity contribution is -0.142. The largest absolute Gasteiger partial charge is 0.480 e. The summed E-state index contributed by atoms with van der Waals surface area (Å²) in [5.74, 6) is -1.25. The Kier molecular flexibility index (Phi) is 4.24. The van der Waals surface area contributed by atoms with Gasteiger partial charge in [0, 0.05) is 19.4 Å². The first-order valence-electron chi connectivity index (χ1n) is 6.27. The van der Waals surface area contributed by atoms with Gasteiger partial charge in [-0.1, -0.05) is 6.92 Å². The van der Waals surface area contributed by atoms with Gasteiger partial charge in [0.2, 0.25) is 0 Å². The number of nitrogens with zero attached hydrogens (tertiary/aromatic N) is 2. The molecule has 0 saturated carbocycles. The van der Waals surface area contributed by atoms with E-state index in [0.717, 1.165) is 5.69 Å². The molecule has 0 aliphatic carbocycles. The molecule has 0 spiro atoms. The molecule has 1 N–H and O–H groups in total. The second kappa shape index (κ2) is 5.92. The first-order chi connectivity index (χ1) is 9.56. The Morgan fingerprint density at radius 1 is 1.40 bits per heavy atom. The van der Waals surface area contributed by atoms with E-state index in [0.29, 0.717) is 11.3 Å². The Labute approximate surface area is 121 Å². The molecular weight excluding hydrogens is 276 g/mol. The van der Waals surface area contributed by atoms with Crippen LogP contribution < -0.4 is 0 Å². The lowest BCUT2D eigenvalue weighted by Gasteiger charge is -2.23. The van der Waals surface area contributed by atoms with E-state index in [1.165, 1.54) is 23.3 Å². The van der Waals surface area contributed by atoms with Crippen molar-refractivity contribution in [2.45, 2.75) is 19.4 Å². The Balaban J connectivity index is 2.31. The molecule has 0 aliphatic heterocycles. The summed E-state index contributed by atoms with van der Waals surface area (Å²) in [6.45, 7) is 1.75. The zero-order chi connectivity index (χ0) is 14.7. The molecule has 0 saturated heterocycles. The molecule has 5 nitrogen and oxygen atoms in total. The topological polar surface area (TPSA) is 62.5 Å². The Bertz CT molecular complexity index is 604. The monoisotopic (exact) mass is 292 g/mol. The summed E-state index contributed by atoms with van der Waals surface area (Å²) in [5, 5.41) is 11.0. The summed E-state index contributed by atoms with van der Waals surface area (Å²) >= 11 is 1.32. The number of aromatic nitrogens is 1. The van der Waals surface area contributed by atoms with Gasteiger partial charge >= 0.3 is 5.97 Å². The summed E-state index contributed by atoms with van der Waals surface area (Å²) in [5.41, 5.74) is 0.775. The molecule has 6 heteroatoms. The van der Waals surface area contributed by atoms with Crippen LogP contribution >= 0.6 is 11.3 Å². The van der Waals surface area contributed by atoms with Gasteiger partial charge in [0.1, 0.15) is 10.9 Å². The van der Waals surface area contributed by atoms with Gasteiger partial charge in [0.05, 0.1) is 5.69 Å². The van der Waals surface area contributed by atoms with Gasteiger partial charge < -0.3 is 14.6 Å². The maximum absolute atomic E-state index is 12.5. The minimum Gasteiger partial charge on any atom is -0.480 e. The number of carboxylic acid groups (broad SMARTS) is 1. The van der Waals surface area contributed by atoms with E-state index in [1.807, 2.05) is 40.5 Å². The third kappa shape index (κ3) is 2.60. The fraction of sp³-hybridized carbons (Fsp3) is 0.286. The molecular formula is C14H16N2O3S. The maximum Gasteiger partial charge on any atom is 0.326 e. The molecule has 2 heterocycles. The van der Waals surface area contributed by atoms with Crippen LogP contribution in [-0.4, -0.2) is 39.5 Å². The molecule has 106 valence electrons. The van der Waals surface area contributed by atoms with Gasteiger partial charge in [-0.05, 0) is 30.0 Å². The predicted molar refractivity (Wildman–Crippen MR) is 77.5 cm³/mol. The van der Waals surface area contributed by atoms with Crippen LogP contribution in [-0.2, 0) is 4.79 Å². The van der Waals surface area contributed by atoms with Crippen LogP contribution in [0.5, 0.6) is 0 Å². The molecule has 20 heavy (non-hydrogen) atoms. The van der Waals surface area contributed by atoms with E-state index in [9.17, 15) is 9.59 Å². The number of likely N-dealkylation sites (N-methyl/N-ethyl adjacent to an activating group) is 1. The zero-order valence-corrected chi connectivity index (χ0v) is 12.1. The highest BCUT2D eigenvalue weighted by Crippen LogP contribution is 2.23. The third-order valence-electron chi connectivity index (χ3n) is 3.18. The number of thiophene rings is 1. The SMILES string of the molecule is CCC(C(=O)O)N(C)C(=O)c1sccc1-n1cccc1. The van der Waals surface area contributed by atoms with E-state index in [2.05, 4.69) is 0 Å². The van der Waals surface area contributed by atoms with Gasteiger partial charge in [-0.3, -0.25) is 4.79 Å². The summed E-state index contributed by atoms with van der Waals surface area (Å²) in [4.78, 5) is 25.5. The molecule has 2 rings (SSSR count).